The fourth-order valence-electron chi connectivity index (χ4n) is 4.10. The average Bonchev–Trinajstić information content (AvgIpc) is 2.73. The predicted octanol–water partition coefficient (Wildman–Crippen LogP) is 3.88. The van der Waals surface area contributed by atoms with E-state index in [2.05, 4.69) is 26.3 Å². The van der Waals surface area contributed by atoms with Crippen molar-refractivity contribution < 1.29 is 4.79 Å². The minimum absolute atomic E-state index is 0.123. The summed E-state index contributed by atoms with van der Waals surface area (Å²) < 4.78 is 0. The van der Waals surface area contributed by atoms with Crippen LogP contribution >= 0.6 is 0 Å². The topological polar surface area (TPSA) is 83.9 Å². The molecule has 0 aliphatic carbocycles. The molecular weight excluding hydrogens is 388 g/mol. The van der Waals surface area contributed by atoms with Crippen molar-refractivity contribution in [2.75, 3.05) is 18.4 Å². The summed E-state index contributed by atoms with van der Waals surface area (Å²) in [6.07, 6.45) is 4.05. The van der Waals surface area contributed by atoms with Gasteiger partial charge in [-0.1, -0.05) is 6.07 Å². The van der Waals surface area contributed by atoms with Crippen LogP contribution in [0.15, 0.2) is 42.6 Å². The van der Waals surface area contributed by atoms with E-state index in [1.807, 2.05) is 56.0 Å². The van der Waals surface area contributed by atoms with Gasteiger partial charge in [-0.25, -0.2) is 9.97 Å². The van der Waals surface area contributed by atoms with E-state index in [0.717, 1.165) is 53.5 Å². The van der Waals surface area contributed by atoms with E-state index in [9.17, 15) is 4.79 Å². The fourth-order valence-corrected chi connectivity index (χ4v) is 4.10. The van der Waals surface area contributed by atoms with Gasteiger partial charge in [0.2, 0.25) is 11.9 Å². The van der Waals surface area contributed by atoms with Crippen LogP contribution in [0, 0.1) is 20.8 Å². The van der Waals surface area contributed by atoms with Crippen LogP contribution in [0.3, 0.4) is 0 Å². The van der Waals surface area contributed by atoms with Crippen LogP contribution in [0.1, 0.15) is 47.2 Å². The number of piperidine rings is 1. The van der Waals surface area contributed by atoms with Gasteiger partial charge < -0.3 is 10.2 Å². The largest absolute Gasteiger partial charge is 0.342 e. The van der Waals surface area contributed by atoms with Gasteiger partial charge in [-0.3, -0.25) is 14.8 Å². The quantitative estimate of drug-likeness (QED) is 0.679. The number of hydrogen-bond acceptors (Lipinski definition) is 6. The summed E-state index contributed by atoms with van der Waals surface area (Å²) in [7, 11) is 0. The Hall–Kier alpha value is -3.35. The maximum atomic E-state index is 12.8. The second-order valence-corrected chi connectivity index (χ2v) is 8.20. The van der Waals surface area contributed by atoms with Crippen molar-refractivity contribution in [1.82, 2.24) is 24.8 Å². The molecule has 1 aliphatic rings. The number of rotatable bonds is 5. The second-order valence-electron chi connectivity index (χ2n) is 8.20. The molecule has 1 atom stereocenters. The molecule has 0 spiro atoms. The number of carbonyl (C=O) groups excluding carboxylic acids is 1. The Morgan fingerprint density at radius 1 is 1.06 bits per heavy atom. The summed E-state index contributed by atoms with van der Waals surface area (Å²) >= 11 is 0. The normalized spacial score (nSPS) is 16.2. The fraction of sp³-hybridized carbons (Fsp3) is 0.375. The van der Waals surface area contributed by atoms with Crippen molar-refractivity contribution in [2.45, 2.75) is 46.0 Å². The molecule has 4 heterocycles. The molecular formula is C24H28N6O. The van der Waals surface area contributed by atoms with Crippen molar-refractivity contribution >= 4 is 17.5 Å². The summed E-state index contributed by atoms with van der Waals surface area (Å²) in [5.74, 6) is 0.921. The molecule has 3 aromatic heterocycles. The van der Waals surface area contributed by atoms with E-state index in [0.29, 0.717) is 18.9 Å². The highest BCUT2D eigenvalue weighted by molar-refractivity contribution is 5.78. The number of aromatic nitrogens is 4. The minimum Gasteiger partial charge on any atom is -0.342 e. The molecule has 160 valence electrons. The van der Waals surface area contributed by atoms with Crippen LogP contribution in [-0.2, 0) is 11.2 Å². The monoisotopic (exact) mass is 416 g/mol. The van der Waals surface area contributed by atoms with Crippen molar-refractivity contribution in [3.8, 4) is 0 Å². The number of amides is 1. The van der Waals surface area contributed by atoms with E-state index in [4.69, 9.17) is 4.98 Å². The highest BCUT2D eigenvalue weighted by Crippen LogP contribution is 2.28. The highest BCUT2D eigenvalue weighted by Gasteiger charge is 2.26. The number of anilines is 2. The number of likely N-dealkylation sites (tertiary alicyclic amines) is 1. The van der Waals surface area contributed by atoms with E-state index in [-0.39, 0.29) is 11.8 Å². The molecule has 0 saturated carbocycles. The maximum absolute atomic E-state index is 12.8. The van der Waals surface area contributed by atoms with Crippen LogP contribution in [0.25, 0.3) is 0 Å². The summed E-state index contributed by atoms with van der Waals surface area (Å²) in [5.41, 5.74) is 5.52. The van der Waals surface area contributed by atoms with Crippen LogP contribution < -0.4 is 5.32 Å². The molecule has 1 aliphatic heterocycles. The lowest BCUT2D eigenvalue weighted by Gasteiger charge is -2.33. The third kappa shape index (κ3) is 5.42. The van der Waals surface area contributed by atoms with Gasteiger partial charge in [-0.2, -0.15) is 0 Å². The summed E-state index contributed by atoms with van der Waals surface area (Å²) in [5, 5.41) is 3.32. The zero-order valence-electron chi connectivity index (χ0n) is 18.3. The lowest BCUT2D eigenvalue weighted by molar-refractivity contribution is -0.131. The number of aryl methyl sites for hydroxylation is 3. The van der Waals surface area contributed by atoms with E-state index < -0.39 is 0 Å². The first-order valence-corrected chi connectivity index (χ1v) is 10.7. The van der Waals surface area contributed by atoms with Crippen LogP contribution in [-0.4, -0.2) is 43.8 Å². The molecule has 0 unspecified atom stereocenters. The number of nitrogens with one attached hydrogen (secondary N) is 1. The first kappa shape index (κ1) is 20.9. The zero-order chi connectivity index (χ0) is 21.8. The third-order valence-corrected chi connectivity index (χ3v) is 5.46. The van der Waals surface area contributed by atoms with Crippen LogP contribution in [0.2, 0.25) is 0 Å². The summed E-state index contributed by atoms with van der Waals surface area (Å²) in [6.45, 7) is 7.38. The van der Waals surface area contributed by atoms with Crippen molar-refractivity contribution in [2.24, 2.45) is 0 Å². The van der Waals surface area contributed by atoms with Crippen LogP contribution in [0.5, 0.6) is 0 Å². The number of hydrogen-bond donors (Lipinski definition) is 1. The Kier molecular flexibility index (Phi) is 6.21. The molecule has 1 N–H and O–H groups in total. The molecule has 31 heavy (non-hydrogen) atoms. The van der Waals surface area contributed by atoms with Gasteiger partial charge in [0.25, 0.3) is 0 Å². The molecule has 7 nitrogen and oxygen atoms in total. The second kappa shape index (κ2) is 9.20. The molecule has 0 bridgehead atoms. The van der Waals surface area contributed by atoms with Crippen LogP contribution in [0.4, 0.5) is 11.6 Å². The Bertz CT molecular complexity index is 1050. The van der Waals surface area contributed by atoms with Crippen molar-refractivity contribution in [1.29, 1.82) is 0 Å². The van der Waals surface area contributed by atoms with E-state index >= 15 is 0 Å². The molecule has 0 aromatic carbocycles. The van der Waals surface area contributed by atoms with Gasteiger partial charge in [0.1, 0.15) is 0 Å². The first-order chi connectivity index (χ1) is 15.0. The zero-order valence-corrected chi connectivity index (χ0v) is 18.3. The average molecular weight is 417 g/mol. The van der Waals surface area contributed by atoms with Gasteiger partial charge in [0, 0.05) is 59.4 Å². The molecule has 4 rings (SSSR count). The Morgan fingerprint density at radius 3 is 2.58 bits per heavy atom. The Labute approximate surface area is 183 Å². The Balaban J connectivity index is 1.48. The van der Waals surface area contributed by atoms with Gasteiger partial charge in [-0.15, -0.1) is 0 Å². The molecule has 1 saturated heterocycles. The van der Waals surface area contributed by atoms with Gasteiger partial charge in [0.15, 0.2) is 0 Å². The molecule has 0 radical (unpaired) electrons. The van der Waals surface area contributed by atoms with E-state index in [1.165, 1.54) is 0 Å². The van der Waals surface area contributed by atoms with Crippen molar-refractivity contribution in [3.63, 3.8) is 0 Å². The number of carbonyl (C=O) groups is 1. The summed E-state index contributed by atoms with van der Waals surface area (Å²) in [4.78, 5) is 32.8. The maximum Gasteiger partial charge on any atom is 0.228 e. The molecule has 1 fully saturated rings. The smallest absolute Gasteiger partial charge is 0.228 e. The lowest BCUT2D eigenvalue weighted by Crippen LogP contribution is -2.40. The lowest BCUT2D eigenvalue weighted by atomic mass is 9.93. The molecule has 3 aromatic rings. The molecule has 7 heteroatoms. The van der Waals surface area contributed by atoms with Gasteiger partial charge >= 0.3 is 0 Å². The van der Waals surface area contributed by atoms with Crippen molar-refractivity contribution in [3.05, 3.63) is 71.1 Å². The van der Waals surface area contributed by atoms with Gasteiger partial charge in [-0.05, 0) is 63.9 Å². The van der Waals surface area contributed by atoms with E-state index in [1.54, 1.807) is 6.20 Å². The number of pyridine rings is 2. The minimum atomic E-state index is 0.123. The highest BCUT2D eigenvalue weighted by atomic mass is 16.2. The third-order valence-electron chi connectivity index (χ3n) is 5.46. The first-order valence-electron chi connectivity index (χ1n) is 10.7. The summed E-state index contributed by atoms with van der Waals surface area (Å²) in [6, 6.07) is 11.7. The van der Waals surface area contributed by atoms with Gasteiger partial charge in [0.05, 0.1) is 6.42 Å². The SMILES string of the molecule is Cc1cc(Nc2nc(C)cc(C)n2)cc([C@@H]2CCCN(C(=O)Cc3ccccn3)C2)n1. The Morgan fingerprint density at radius 2 is 1.84 bits per heavy atom. The standard InChI is InChI=1S/C24H28N6O/c1-16-11-17(2)28-24(27-16)29-21-12-18(3)26-22(13-21)19-7-6-10-30(15-19)23(31)14-20-8-4-5-9-25-20/h4-5,8-9,11-13,19H,6-7,10,14-15H2,1-3H3,(H,26,27,28,29)/t19-/m1/s1. The predicted molar refractivity (Wildman–Crippen MR) is 120 cm³/mol. The molecule has 1 amide bonds. The number of nitrogens with zero attached hydrogens (tertiary/aromatic N) is 5.